The van der Waals surface area contributed by atoms with Crippen LogP contribution >= 0.6 is 0 Å². The number of aliphatic hydroxyl groups excluding tert-OH is 1. The molecular weight excluding hydrogens is 112 g/mol. The Hall–Kier alpha value is -0.300. The molecule has 3 aliphatic rings. The van der Waals surface area contributed by atoms with Crippen LogP contribution in [0.15, 0.2) is 12.2 Å². The molecule has 0 aromatic heterocycles. The topological polar surface area (TPSA) is 20.2 Å². The fraction of sp³-hybridized carbons (Fsp3) is 0.750. The number of rotatable bonds is 0. The van der Waals surface area contributed by atoms with Gasteiger partial charge in [0.2, 0.25) is 0 Å². The summed E-state index contributed by atoms with van der Waals surface area (Å²) in [6.45, 7) is 0. The number of hydrogen-bond donors (Lipinski definition) is 1. The molecule has 2 bridgehead atoms. The molecule has 1 fully saturated rings. The average molecular weight is 124 g/mol. The molecule has 9 heavy (non-hydrogen) atoms. The molecule has 3 aliphatic carbocycles. The number of allylic oxidation sites excluding steroid dienone is 1. The normalized spacial score (nSPS) is 47.9. The van der Waals surface area contributed by atoms with Gasteiger partial charge in [-0.15, -0.1) is 0 Å². The Morgan fingerprint density at radius 1 is 1.22 bits per heavy atom. The molecule has 3 atom stereocenters. The van der Waals surface area contributed by atoms with E-state index >= 15 is 0 Å². The largest absolute Gasteiger partial charge is 0.392 e. The highest BCUT2D eigenvalue weighted by molar-refractivity contribution is 5.06. The molecule has 3 rings (SSSR count). The van der Waals surface area contributed by atoms with Gasteiger partial charge >= 0.3 is 0 Å². The van der Waals surface area contributed by atoms with E-state index in [1.54, 1.807) is 0 Å². The van der Waals surface area contributed by atoms with E-state index in [0.29, 0.717) is 11.8 Å². The van der Waals surface area contributed by atoms with E-state index in [-0.39, 0.29) is 6.10 Å². The van der Waals surface area contributed by atoms with Crippen molar-refractivity contribution in [3.63, 3.8) is 0 Å². The molecule has 0 aromatic rings. The monoisotopic (exact) mass is 124 g/mol. The fourth-order valence-corrected chi connectivity index (χ4v) is 1.90. The van der Waals surface area contributed by atoms with Gasteiger partial charge in [-0.25, -0.2) is 0 Å². The van der Waals surface area contributed by atoms with Crippen LogP contribution in [-0.4, -0.2) is 11.2 Å². The summed E-state index contributed by atoms with van der Waals surface area (Å²) in [5, 5.41) is 9.35. The summed E-state index contributed by atoms with van der Waals surface area (Å²) in [7, 11) is 0. The summed E-state index contributed by atoms with van der Waals surface area (Å²) < 4.78 is 0. The first-order chi connectivity index (χ1) is 4.36. The molecule has 1 heteroatoms. The van der Waals surface area contributed by atoms with Crippen LogP contribution in [0.25, 0.3) is 0 Å². The predicted molar refractivity (Wildman–Crippen MR) is 36.0 cm³/mol. The number of fused-ring (bicyclic) bond motifs is 2. The highest BCUT2D eigenvalue weighted by atomic mass is 16.3. The van der Waals surface area contributed by atoms with E-state index in [1.165, 1.54) is 12.8 Å². The third kappa shape index (κ3) is 0.799. The molecule has 50 valence electrons. The summed E-state index contributed by atoms with van der Waals surface area (Å²) in [6, 6.07) is 0. The average Bonchev–Trinajstić information content (AvgIpc) is 1.90. The molecular formula is C8H12O. The zero-order valence-electron chi connectivity index (χ0n) is 5.46. The SMILES string of the molecule is O[C@H]1C[C@H]2C=C[C@@H]1CC2. The zero-order valence-corrected chi connectivity index (χ0v) is 5.46. The van der Waals surface area contributed by atoms with Crippen LogP contribution in [0, 0.1) is 11.8 Å². The maximum absolute atomic E-state index is 9.35. The van der Waals surface area contributed by atoms with Gasteiger partial charge in [-0.05, 0) is 25.2 Å². The Bertz CT molecular complexity index is 140. The predicted octanol–water partition coefficient (Wildman–Crippen LogP) is 1.33. The lowest BCUT2D eigenvalue weighted by Gasteiger charge is -2.34. The van der Waals surface area contributed by atoms with E-state index in [0.717, 1.165) is 6.42 Å². The first kappa shape index (κ1) is 5.48. The van der Waals surface area contributed by atoms with E-state index in [1.807, 2.05) is 0 Å². The van der Waals surface area contributed by atoms with Crippen molar-refractivity contribution in [2.75, 3.05) is 0 Å². The van der Waals surface area contributed by atoms with Gasteiger partial charge in [-0.2, -0.15) is 0 Å². The van der Waals surface area contributed by atoms with Crippen LogP contribution in [0.5, 0.6) is 0 Å². The van der Waals surface area contributed by atoms with E-state index in [4.69, 9.17) is 0 Å². The first-order valence-electron chi connectivity index (χ1n) is 3.72. The van der Waals surface area contributed by atoms with Crippen molar-refractivity contribution < 1.29 is 5.11 Å². The summed E-state index contributed by atoms with van der Waals surface area (Å²) >= 11 is 0. The van der Waals surface area contributed by atoms with Crippen molar-refractivity contribution in [1.82, 2.24) is 0 Å². The maximum Gasteiger partial charge on any atom is 0.0608 e. The molecule has 0 aromatic carbocycles. The molecule has 0 aliphatic heterocycles. The summed E-state index contributed by atoms with van der Waals surface area (Å²) in [4.78, 5) is 0. The van der Waals surface area contributed by atoms with Gasteiger partial charge < -0.3 is 5.11 Å². The molecule has 0 spiro atoms. The minimum absolute atomic E-state index is 0.0197. The van der Waals surface area contributed by atoms with Crippen molar-refractivity contribution in [1.29, 1.82) is 0 Å². The second-order valence-corrected chi connectivity index (χ2v) is 3.19. The maximum atomic E-state index is 9.35. The molecule has 0 unspecified atom stereocenters. The highest BCUT2D eigenvalue weighted by Crippen LogP contribution is 2.35. The van der Waals surface area contributed by atoms with E-state index in [2.05, 4.69) is 12.2 Å². The van der Waals surface area contributed by atoms with Gasteiger partial charge in [0.05, 0.1) is 6.10 Å². The minimum atomic E-state index is -0.0197. The second-order valence-electron chi connectivity index (χ2n) is 3.19. The number of hydrogen-bond acceptors (Lipinski definition) is 1. The smallest absolute Gasteiger partial charge is 0.0608 e. The summed E-state index contributed by atoms with van der Waals surface area (Å²) in [6.07, 6.45) is 7.96. The summed E-state index contributed by atoms with van der Waals surface area (Å²) in [5.74, 6) is 1.19. The molecule has 1 nitrogen and oxygen atoms in total. The lowest BCUT2D eigenvalue weighted by Crippen LogP contribution is -2.31. The lowest BCUT2D eigenvalue weighted by molar-refractivity contribution is 0.0667. The van der Waals surface area contributed by atoms with Crippen molar-refractivity contribution in [3.8, 4) is 0 Å². The van der Waals surface area contributed by atoms with Crippen molar-refractivity contribution in [3.05, 3.63) is 12.2 Å². The van der Waals surface area contributed by atoms with Crippen LogP contribution < -0.4 is 0 Å². The quantitative estimate of drug-likeness (QED) is 0.483. The van der Waals surface area contributed by atoms with Crippen molar-refractivity contribution in [2.45, 2.75) is 25.4 Å². The van der Waals surface area contributed by atoms with Gasteiger partial charge in [0, 0.05) is 5.92 Å². The van der Waals surface area contributed by atoms with Gasteiger partial charge in [0.25, 0.3) is 0 Å². The lowest BCUT2D eigenvalue weighted by atomic mass is 9.74. The molecule has 1 N–H and O–H groups in total. The molecule has 0 radical (unpaired) electrons. The number of aliphatic hydroxyl groups is 1. The molecule has 0 amide bonds. The van der Waals surface area contributed by atoms with E-state index < -0.39 is 0 Å². The van der Waals surface area contributed by atoms with Crippen LogP contribution in [0.1, 0.15) is 19.3 Å². The van der Waals surface area contributed by atoms with Gasteiger partial charge in [0.15, 0.2) is 0 Å². The van der Waals surface area contributed by atoms with Crippen LogP contribution in [0.4, 0.5) is 0 Å². The summed E-state index contributed by atoms with van der Waals surface area (Å²) in [5.41, 5.74) is 0. The first-order valence-corrected chi connectivity index (χ1v) is 3.72. The molecule has 0 heterocycles. The second kappa shape index (κ2) is 1.84. The fourth-order valence-electron chi connectivity index (χ4n) is 1.90. The Labute approximate surface area is 55.4 Å². The Balaban J connectivity index is 2.20. The van der Waals surface area contributed by atoms with Gasteiger partial charge in [-0.3, -0.25) is 0 Å². The minimum Gasteiger partial charge on any atom is -0.392 e. The van der Waals surface area contributed by atoms with E-state index in [9.17, 15) is 5.11 Å². The van der Waals surface area contributed by atoms with Crippen LogP contribution in [-0.2, 0) is 0 Å². The van der Waals surface area contributed by atoms with Crippen molar-refractivity contribution >= 4 is 0 Å². The molecule has 0 saturated heterocycles. The highest BCUT2D eigenvalue weighted by Gasteiger charge is 2.29. The van der Waals surface area contributed by atoms with Crippen LogP contribution in [0.2, 0.25) is 0 Å². The van der Waals surface area contributed by atoms with Gasteiger partial charge in [0.1, 0.15) is 0 Å². The van der Waals surface area contributed by atoms with Crippen molar-refractivity contribution in [2.24, 2.45) is 11.8 Å². The molecule has 1 saturated carbocycles. The Morgan fingerprint density at radius 2 is 2.11 bits per heavy atom. The Morgan fingerprint density at radius 3 is 2.33 bits per heavy atom. The van der Waals surface area contributed by atoms with Crippen LogP contribution in [0.3, 0.4) is 0 Å². The zero-order chi connectivity index (χ0) is 6.27. The van der Waals surface area contributed by atoms with Gasteiger partial charge in [-0.1, -0.05) is 12.2 Å². The third-order valence-corrected chi connectivity index (χ3v) is 2.54. The standard InChI is InChI=1S/C8H12O/c9-8-5-6-1-3-7(8)4-2-6/h1,3,6-9H,2,4-5H2/t6-,7+,8-/m0/s1. The third-order valence-electron chi connectivity index (χ3n) is 2.54. The Kier molecular flexibility index (Phi) is 1.12.